The summed E-state index contributed by atoms with van der Waals surface area (Å²) in [5.74, 6) is 1.06. The van der Waals surface area contributed by atoms with Crippen molar-refractivity contribution in [3.05, 3.63) is 24.3 Å². The molecule has 1 aliphatic heterocycles. The van der Waals surface area contributed by atoms with Gasteiger partial charge in [0.2, 0.25) is 6.10 Å². The summed E-state index contributed by atoms with van der Waals surface area (Å²) in [5, 5.41) is 2.79. The largest absolute Gasteiger partial charge is 0.482 e. The Labute approximate surface area is 106 Å². The number of nitrogens with one attached hydrogen (secondary N) is 1. The summed E-state index contributed by atoms with van der Waals surface area (Å²) in [5.41, 5.74) is 5.47. The Kier molecular flexibility index (Phi) is 3.72. The molecular weight excluding hydrogens is 232 g/mol. The van der Waals surface area contributed by atoms with Crippen LogP contribution in [0, 0.1) is 0 Å². The van der Waals surface area contributed by atoms with Crippen molar-refractivity contribution in [2.75, 3.05) is 6.54 Å². The summed E-state index contributed by atoms with van der Waals surface area (Å²) in [6, 6.07) is 7.24. The lowest BCUT2D eigenvalue weighted by Crippen LogP contribution is -2.52. The van der Waals surface area contributed by atoms with Crippen LogP contribution in [-0.4, -0.2) is 30.7 Å². The molecule has 1 amide bonds. The van der Waals surface area contributed by atoms with Crippen molar-refractivity contribution >= 4 is 5.91 Å². The molecule has 1 heterocycles. The van der Waals surface area contributed by atoms with Crippen molar-refractivity contribution in [1.82, 2.24) is 5.32 Å². The van der Waals surface area contributed by atoms with Gasteiger partial charge in [-0.3, -0.25) is 4.79 Å². The quantitative estimate of drug-likeness (QED) is 0.827. The fourth-order valence-corrected chi connectivity index (χ4v) is 1.79. The smallest absolute Gasteiger partial charge is 0.265 e. The minimum absolute atomic E-state index is 0.0783. The monoisotopic (exact) mass is 250 g/mol. The molecule has 98 valence electrons. The van der Waals surface area contributed by atoms with E-state index in [0.717, 1.165) is 0 Å². The van der Waals surface area contributed by atoms with Crippen LogP contribution in [-0.2, 0) is 4.79 Å². The van der Waals surface area contributed by atoms with Gasteiger partial charge in [0, 0.05) is 12.6 Å². The van der Waals surface area contributed by atoms with Gasteiger partial charge in [-0.15, -0.1) is 0 Å². The number of ether oxygens (including phenoxy) is 2. The van der Waals surface area contributed by atoms with Crippen molar-refractivity contribution in [2.24, 2.45) is 5.73 Å². The van der Waals surface area contributed by atoms with Crippen LogP contribution in [0.15, 0.2) is 24.3 Å². The average molecular weight is 250 g/mol. The number of rotatable bonds is 3. The van der Waals surface area contributed by atoms with E-state index in [-0.39, 0.29) is 18.1 Å². The van der Waals surface area contributed by atoms with E-state index < -0.39 is 6.10 Å². The molecule has 3 atom stereocenters. The molecule has 2 unspecified atom stereocenters. The minimum atomic E-state index is -0.645. The van der Waals surface area contributed by atoms with Crippen molar-refractivity contribution < 1.29 is 14.3 Å². The van der Waals surface area contributed by atoms with E-state index >= 15 is 0 Å². The van der Waals surface area contributed by atoms with Gasteiger partial charge in [-0.25, -0.2) is 0 Å². The summed E-state index contributed by atoms with van der Waals surface area (Å²) < 4.78 is 11.3. The molecule has 0 saturated carbocycles. The Bertz CT molecular complexity index is 436. The number of carbonyl (C=O) groups is 1. The lowest BCUT2D eigenvalue weighted by Gasteiger charge is -2.31. The summed E-state index contributed by atoms with van der Waals surface area (Å²) in [7, 11) is 0. The summed E-state index contributed by atoms with van der Waals surface area (Å²) in [6.45, 7) is 4.05. The zero-order valence-corrected chi connectivity index (χ0v) is 10.6. The predicted octanol–water partition coefficient (Wildman–Crippen LogP) is 0.678. The molecule has 0 radical (unpaired) electrons. The van der Waals surface area contributed by atoms with Crippen molar-refractivity contribution in [3.8, 4) is 11.5 Å². The molecule has 0 saturated heterocycles. The molecule has 2 rings (SSSR count). The first-order chi connectivity index (χ1) is 8.61. The van der Waals surface area contributed by atoms with Crippen LogP contribution in [0.2, 0.25) is 0 Å². The number of para-hydroxylation sites is 2. The lowest BCUT2D eigenvalue weighted by atomic mass is 10.1. The first kappa shape index (κ1) is 12.7. The number of carbonyl (C=O) groups excluding carboxylic acids is 1. The Balaban J connectivity index is 2.09. The Morgan fingerprint density at radius 3 is 2.61 bits per heavy atom. The lowest BCUT2D eigenvalue weighted by molar-refractivity contribution is -0.134. The van der Waals surface area contributed by atoms with Gasteiger partial charge >= 0.3 is 0 Å². The molecule has 1 aliphatic rings. The number of benzene rings is 1. The van der Waals surface area contributed by atoms with Crippen LogP contribution in [0.25, 0.3) is 0 Å². The molecule has 0 aliphatic carbocycles. The second-order valence-corrected chi connectivity index (χ2v) is 4.45. The van der Waals surface area contributed by atoms with Crippen molar-refractivity contribution in [1.29, 1.82) is 0 Å². The minimum Gasteiger partial charge on any atom is -0.482 e. The fourth-order valence-electron chi connectivity index (χ4n) is 1.79. The van der Waals surface area contributed by atoms with E-state index in [0.29, 0.717) is 18.0 Å². The van der Waals surface area contributed by atoms with Crippen LogP contribution < -0.4 is 20.5 Å². The van der Waals surface area contributed by atoms with Crippen molar-refractivity contribution in [3.63, 3.8) is 0 Å². The molecule has 18 heavy (non-hydrogen) atoms. The predicted molar refractivity (Wildman–Crippen MR) is 67.6 cm³/mol. The first-order valence-electron chi connectivity index (χ1n) is 6.04. The molecule has 0 fully saturated rings. The maximum atomic E-state index is 12.0. The summed E-state index contributed by atoms with van der Waals surface area (Å²) >= 11 is 0. The second-order valence-electron chi connectivity index (χ2n) is 4.45. The molecule has 5 nitrogen and oxygen atoms in total. The van der Waals surface area contributed by atoms with E-state index in [4.69, 9.17) is 15.2 Å². The molecule has 3 N–H and O–H groups in total. The maximum Gasteiger partial charge on any atom is 0.265 e. The van der Waals surface area contributed by atoms with Crippen LogP contribution in [0.5, 0.6) is 11.5 Å². The van der Waals surface area contributed by atoms with E-state index in [1.807, 2.05) is 32.0 Å². The molecular formula is C13H18N2O3. The number of nitrogens with two attached hydrogens (primary N) is 1. The van der Waals surface area contributed by atoms with Gasteiger partial charge in [-0.2, -0.15) is 0 Å². The molecule has 0 bridgehead atoms. The number of hydrogen-bond donors (Lipinski definition) is 2. The topological polar surface area (TPSA) is 73.6 Å². The second kappa shape index (κ2) is 5.27. The Morgan fingerprint density at radius 1 is 1.39 bits per heavy atom. The third kappa shape index (κ3) is 2.56. The Hall–Kier alpha value is -1.75. The van der Waals surface area contributed by atoms with Gasteiger partial charge in [-0.1, -0.05) is 12.1 Å². The van der Waals surface area contributed by atoms with Gasteiger partial charge in [0.15, 0.2) is 11.5 Å². The SMILES string of the molecule is CC1Oc2ccccc2OC1C(=O)N[C@@H](C)CN. The van der Waals surface area contributed by atoms with E-state index in [9.17, 15) is 4.79 Å². The third-order valence-electron chi connectivity index (χ3n) is 2.84. The third-order valence-corrected chi connectivity index (χ3v) is 2.84. The molecule has 5 heteroatoms. The van der Waals surface area contributed by atoms with E-state index in [1.165, 1.54) is 0 Å². The zero-order valence-electron chi connectivity index (χ0n) is 10.6. The highest BCUT2D eigenvalue weighted by molar-refractivity contribution is 5.82. The first-order valence-corrected chi connectivity index (χ1v) is 6.04. The molecule has 0 spiro atoms. The van der Waals surface area contributed by atoms with Gasteiger partial charge in [0.05, 0.1) is 0 Å². The van der Waals surface area contributed by atoms with Gasteiger partial charge in [-0.05, 0) is 26.0 Å². The van der Waals surface area contributed by atoms with E-state index in [1.54, 1.807) is 6.07 Å². The van der Waals surface area contributed by atoms with Crippen LogP contribution in [0.1, 0.15) is 13.8 Å². The molecule has 1 aromatic rings. The highest BCUT2D eigenvalue weighted by Gasteiger charge is 2.34. The summed E-state index contributed by atoms with van der Waals surface area (Å²) in [4.78, 5) is 12.0. The zero-order chi connectivity index (χ0) is 13.1. The normalized spacial score (nSPS) is 23.3. The maximum absolute atomic E-state index is 12.0. The molecule has 1 aromatic carbocycles. The number of hydrogen-bond acceptors (Lipinski definition) is 4. The molecule has 0 aromatic heterocycles. The summed E-state index contributed by atoms with van der Waals surface area (Å²) in [6.07, 6.45) is -0.973. The van der Waals surface area contributed by atoms with Crippen LogP contribution >= 0.6 is 0 Å². The van der Waals surface area contributed by atoms with E-state index in [2.05, 4.69) is 5.32 Å². The fraction of sp³-hybridized carbons (Fsp3) is 0.462. The highest BCUT2D eigenvalue weighted by atomic mass is 16.6. The van der Waals surface area contributed by atoms with Crippen molar-refractivity contribution in [2.45, 2.75) is 32.1 Å². The average Bonchev–Trinajstić information content (AvgIpc) is 2.37. The highest BCUT2D eigenvalue weighted by Crippen LogP contribution is 2.33. The standard InChI is InChI=1S/C13H18N2O3/c1-8(7-14)15-13(16)12-9(2)17-10-5-3-4-6-11(10)18-12/h3-6,8-9,12H,7,14H2,1-2H3,(H,15,16)/t8-,9?,12?/m0/s1. The number of fused-ring (bicyclic) bond motifs is 1. The van der Waals surface area contributed by atoms with Crippen LogP contribution in [0.3, 0.4) is 0 Å². The number of amides is 1. The van der Waals surface area contributed by atoms with Gasteiger partial charge in [0.1, 0.15) is 6.10 Å². The van der Waals surface area contributed by atoms with Gasteiger partial charge in [0.25, 0.3) is 5.91 Å². The van der Waals surface area contributed by atoms with Crippen LogP contribution in [0.4, 0.5) is 0 Å². The Morgan fingerprint density at radius 2 is 2.00 bits per heavy atom. The van der Waals surface area contributed by atoms with Gasteiger partial charge < -0.3 is 20.5 Å².